The molecule has 1 spiro atoms. The van der Waals surface area contributed by atoms with Gasteiger partial charge in [-0.1, -0.05) is 12.1 Å². The molecule has 0 aromatic heterocycles. The molecule has 1 aromatic carbocycles. The van der Waals surface area contributed by atoms with E-state index < -0.39 is 0 Å². The van der Waals surface area contributed by atoms with Gasteiger partial charge in [-0.2, -0.15) is 0 Å². The fraction of sp³-hybridized carbons (Fsp3) is 0.619. The Morgan fingerprint density at radius 3 is 2.71 bits per heavy atom. The van der Waals surface area contributed by atoms with Crippen molar-refractivity contribution >= 4 is 12.4 Å². The first-order valence-electron chi connectivity index (χ1n) is 9.81. The fourth-order valence-electron chi connectivity index (χ4n) is 5.11. The number of carbonyl (C=O) groups excluding carboxylic acids is 1. The van der Waals surface area contributed by atoms with E-state index in [1.165, 1.54) is 12.1 Å². The molecule has 3 aliphatic heterocycles. The third-order valence-corrected chi connectivity index (χ3v) is 6.25. The molecule has 3 fully saturated rings. The van der Waals surface area contributed by atoms with E-state index in [1.54, 1.807) is 12.1 Å². The first-order chi connectivity index (χ1) is 13.4. The van der Waals surface area contributed by atoms with Crippen molar-refractivity contribution in [1.29, 1.82) is 0 Å². The first kappa shape index (κ1) is 20.7. The monoisotopic (exact) mass is 392 g/mol. The summed E-state index contributed by atoms with van der Waals surface area (Å²) in [5.74, 6) is 0.979. The Morgan fingerprint density at radius 1 is 1.39 bits per heavy atom. The number of amides is 1. The summed E-state index contributed by atoms with van der Waals surface area (Å²) >= 11 is 0. The number of rotatable bonds is 5. The number of benzene rings is 1. The molecule has 28 heavy (non-hydrogen) atoms. The van der Waals surface area contributed by atoms with Crippen LogP contribution in [0.4, 0.5) is 4.39 Å². The number of nitrogens with zero attached hydrogens (tertiary/aromatic N) is 2. The van der Waals surface area contributed by atoms with Crippen molar-refractivity contribution in [1.82, 2.24) is 9.80 Å². The van der Waals surface area contributed by atoms with Gasteiger partial charge in [0.15, 0.2) is 0 Å². The normalized spacial score (nSPS) is 30.1. The molecule has 3 saturated heterocycles. The Labute approximate surface area is 165 Å². The zero-order valence-electron chi connectivity index (χ0n) is 16.5. The maximum absolute atomic E-state index is 13.0. The molecule has 154 valence electrons. The molecular formula is C21H29FN2O4. The maximum Gasteiger partial charge on any atom is 0.290 e. The number of carboxylic acid groups (broad SMARTS) is 1. The van der Waals surface area contributed by atoms with E-state index in [9.17, 15) is 9.18 Å². The standard InChI is InChI=1S/C20H27FN2O2.CH2O2/c1-22(2)11-16-17-12-23(13-20(17)10-9-18(16)25-20)19(24)8-5-14-3-6-15(21)7-4-14;2-1-3/h3-4,6-7,16-18H,5,8-13H2,1-2H3;1H,(H,2,3)/t16-,17+,18+,20+;/m0./s1. The van der Waals surface area contributed by atoms with E-state index in [0.29, 0.717) is 30.8 Å². The summed E-state index contributed by atoms with van der Waals surface area (Å²) in [5.41, 5.74) is 0.923. The Kier molecular flexibility index (Phi) is 6.35. The Morgan fingerprint density at radius 2 is 2.07 bits per heavy atom. The van der Waals surface area contributed by atoms with Gasteiger partial charge in [0, 0.05) is 31.3 Å². The fourth-order valence-corrected chi connectivity index (χ4v) is 5.11. The lowest BCUT2D eigenvalue weighted by Gasteiger charge is -2.30. The summed E-state index contributed by atoms with van der Waals surface area (Å²) in [7, 11) is 4.22. The minimum atomic E-state index is -0.250. The average molecular weight is 392 g/mol. The second-order valence-electron chi connectivity index (χ2n) is 8.30. The molecule has 2 bridgehead atoms. The highest BCUT2D eigenvalue weighted by molar-refractivity contribution is 5.77. The number of aryl methyl sites for hydroxylation is 1. The SMILES string of the molecule is CN(C)C[C@H]1[C@H]2CN(C(=O)CCc3ccc(F)cc3)C[C@]23CC[C@H]1O3.O=CO. The molecule has 4 rings (SSSR count). The van der Waals surface area contributed by atoms with Gasteiger partial charge < -0.3 is 19.6 Å². The quantitative estimate of drug-likeness (QED) is 0.777. The number of hydrogen-bond acceptors (Lipinski definition) is 4. The maximum atomic E-state index is 13.0. The van der Waals surface area contributed by atoms with Gasteiger partial charge in [0.2, 0.25) is 5.91 Å². The number of likely N-dealkylation sites (tertiary alicyclic amines) is 1. The summed E-state index contributed by atoms with van der Waals surface area (Å²) in [6.07, 6.45) is 3.75. The smallest absolute Gasteiger partial charge is 0.290 e. The van der Waals surface area contributed by atoms with Crippen LogP contribution in [-0.4, -0.2) is 72.7 Å². The van der Waals surface area contributed by atoms with Crippen LogP contribution in [0, 0.1) is 17.7 Å². The van der Waals surface area contributed by atoms with Crippen LogP contribution >= 0.6 is 0 Å². The lowest BCUT2D eigenvalue weighted by atomic mass is 9.73. The molecule has 1 aromatic rings. The Bertz CT molecular complexity index is 696. The summed E-state index contributed by atoms with van der Waals surface area (Å²) in [4.78, 5) is 25.3. The average Bonchev–Trinajstić information content (AvgIpc) is 3.31. The number of ether oxygens (including phenoxy) is 1. The lowest BCUT2D eigenvalue weighted by Crippen LogP contribution is -2.40. The van der Waals surface area contributed by atoms with Crippen LogP contribution in [0.2, 0.25) is 0 Å². The minimum Gasteiger partial charge on any atom is -0.483 e. The van der Waals surface area contributed by atoms with Crippen LogP contribution in [0.1, 0.15) is 24.8 Å². The molecule has 0 saturated carbocycles. The van der Waals surface area contributed by atoms with Crippen LogP contribution in [0.15, 0.2) is 24.3 Å². The summed E-state index contributed by atoms with van der Waals surface area (Å²) in [6.45, 7) is 2.37. The highest BCUT2D eigenvalue weighted by Gasteiger charge is 2.63. The Balaban J connectivity index is 0.000000706. The molecule has 7 heteroatoms. The van der Waals surface area contributed by atoms with Crippen molar-refractivity contribution in [3.63, 3.8) is 0 Å². The molecule has 0 unspecified atom stereocenters. The van der Waals surface area contributed by atoms with Crippen LogP contribution < -0.4 is 0 Å². The van der Waals surface area contributed by atoms with Crippen molar-refractivity contribution in [3.05, 3.63) is 35.6 Å². The van der Waals surface area contributed by atoms with Gasteiger partial charge in [-0.05, 0) is 51.1 Å². The highest BCUT2D eigenvalue weighted by Crippen LogP contribution is 2.54. The third kappa shape index (κ3) is 4.20. The zero-order chi connectivity index (χ0) is 20.3. The van der Waals surface area contributed by atoms with Crippen molar-refractivity contribution in [2.45, 2.75) is 37.4 Å². The van der Waals surface area contributed by atoms with Gasteiger partial charge in [0.25, 0.3) is 6.47 Å². The van der Waals surface area contributed by atoms with Gasteiger partial charge in [-0.15, -0.1) is 0 Å². The van der Waals surface area contributed by atoms with Gasteiger partial charge in [-0.25, -0.2) is 4.39 Å². The van der Waals surface area contributed by atoms with Crippen LogP contribution in [-0.2, 0) is 20.7 Å². The topological polar surface area (TPSA) is 70.1 Å². The van der Waals surface area contributed by atoms with Gasteiger partial charge in [0.05, 0.1) is 18.2 Å². The molecule has 4 atom stereocenters. The Hall–Kier alpha value is -1.99. The van der Waals surface area contributed by atoms with E-state index in [0.717, 1.165) is 38.0 Å². The molecule has 0 radical (unpaired) electrons. The van der Waals surface area contributed by atoms with Gasteiger partial charge in [0.1, 0.15) is 5.82 Å². The molecule has 0 aliphatic carbocycles. The van der Waals surface area contributed by atoms with E-state index in [-0.39, 0.29) is 23.8 Å². The molecule has 1 amide bonds. The van der Waals surface area contributed by atoms with E-state index in [4.69, 9.17) is 14.6 Å². The van der Waals surface area contributed by atoms with E-state index >= 15 is 0 Å². The molecular weight excluding hydrogens is 363 g/mol. The summed E-state index contributed by atoms with van der Waals surface area (Å²) in [6, 6.07) is 6.43. The van der Waals surface area contributed by atoms with E-state index in [1.807, 2.05) is 4.90 Å². The van der Waals surface area contributed by atoms with Crippen LogP contribution in [0.3, 0.4) is 0 Å². The highest BCUT2D eigenvalue weighted by atomic mass is 19.1. The lowest BCUT2D eigenvalue weighted by molar-refractivity contribution is -0.131. The van der Waals surface area contributed by atoms with E-state index in [2.05, 4.69) is 19.0 Å². The van der Waals surface area contributed by atoms with Gasteiger partial charge >= 0.3 is 0 Å². The van der Waals surface area contributed by atoms with Crippen molar-refractivity contribution in [3.8, 4) is 0 Å². The number of hydrogen-bond donors (Lipinski definition) is 1. The van der Waals surface area contributed by atoms with Gasteiger partial charge in [-0.3, -0.25) is 9.59 Å². The summed E-state index contributed by atoms with van der Waals surface area (Å²) in [5, 5.41) is 6.89. The minimum absolute atomic E-state index is 0.0864. The largest absolute Gasteiger partial charge is 0.483 e. The summed E-state index contributed by atoms with van der Waals surface area (Å²) < 4.78 is 19.4. The second-order valence-corrected chi connectivity index (χ2v) is 8.30. The van der Waals surface area contributed by atoms with Crippen molar-refractivity contribution in [2.24, 2.45) is 11.8 Å². The number of carbonyl (C=O) groups is 2. The predicted octanol–water partition coefficient (Wildman–Crippen LogP) is 2.03. The third-order valence-electron chi connectivity index (χ3n) is 6.25. The van der Waals surface area contributed by atoms with Crippen LogP contribution in [0.5, 0.6) is 0 Å². The second kappa shape index (κ2) is 8.57. The number of fused-ring (bicyclic) bond motifs is 1. The molecule has 3 aliphatic rings. The van der Waals surface area contributed by atoms with Crippen LogP contribution in [0.25, 0.3) is 0 Å². The predicted molar refractivity (Wildman–Crippen MR) is 102 cm³/mol. The molecule has 3 heterocycles. The number of halogens is 1. The molecule has 1 N–H and O–H groups in total. The first-order valence-corrected chi connectivity index (χ1v) is 9.81. The van der Waals surface area contributed by atoms with Crippen molar-refractivity contribution in [2.75, 3.05) is 33.7 Å². The zero-order valence-corrected chi connectivity index (χ0v) is 16.5. The van der Waals surface area contributed by atoms with Crippen molar-refractivity contribution < 1.29 is 23.8 Å². The molecule has 6 nitrogen and oxygen atoms in total.